The van der Waals surface area contributed by atoms with Crippen molar-refractivity contribution in [1.82, 2.24) is 5.32 Å². The summed E-state index contributed by atoms with van der Waals surface area (Å²) >= 11 is 1.30. The Kier molecular flexibility index (Phi) is 4.82. The Morgan fingerprint density at radius 1 is 1.08 bits per heavy atom. The van der Waals surface area contributed by atoms with Gasteiger partial charge in [-0.25, -0.2) is 8.42 Å². The van der Waals surface area contributed by atoms with Crippen LogP contribution in [0.1, 0.15) is 20.7 Å². The van der Waals surface area contributed by atoms with Crippen LogP contribution in [0.15, 0.2) is 75.6 Å². The smallest absolute Gasteiger partial charge is 0.261 e. The third kappa shape index (κ3) is 3.42. The maximum Gasteiger partial charge on any atom is 0.261 e. The number of hydrogen-bond acceptors (Lipinski definition) is 5. The fourth-order valence-electron chi connectivity index (χ4n) is 2.29. The minimum Gasteiger partial charge on any atom is -0.468 e. The zero-order chi connectivity index (χ0) is 17.0. The minimum atomic E-state index is -3.69. The molecule has 0 spiro atoms. The summed E-state index contributed by atoms with van der Waals surface area (Å²) < 4.78 is 31.1. The van der Waals surface area contributed by atoms with Crippen LogP contribution in [0, 0.1) is 0 Å². The van der Waals surface area contributed by atoms with Gasteiger partial charge in [0.25, 0.3) is 5.91 Å². The van der Waals surface area contributed by atoms with E-state index in [0.29, 0.717) is 10.6 Å². The Balaban J connectivity index is 1.86. The van der Waals surface area contributed by atoms with Gasteiger partial charge >= 0.3 is 0 Å². The molecule has 0 aliphatic rings. The Morgan fingerprint density at radius 2 is 1.88 bits per heavy atom. The van der Waals surface area contributed by atoms with Crippen LogP contribution < -0.4 is 5.32 Å². The van der Waals surface area contributed by atoms with E-state index in [-0.39, 0.29) is 17.3 Å². The molecular formula is C17H15NO4S2. The van der Waals surface area contributed by atoms with E-state index < -0.39 is 15.1 Å². The average Bonchev–Trinajstić information content (AvgIpc) is 3.29. The second kappa shape index (κ2) is 7.02. The number of sulfone groups is 1. The lowest BCUT2D eigenvalue weighted by atomic mass is 10.3. The monoisotopic (exact) mass is 361 g/mol. The zero-order valence-corrected chi connectivity index (χ0v) is 14.2. The Morgan fingerprint density at radius 3 is 2.50 bits per heavy atom. The molecular weight excluding hydrogens is 346 g/mol. The van der Waals surface area contributed by atoms with Crippen molar-refractivity contribution in [2.45, 2.75) is 10.1 Å². The highest BCUT2D eigenvalue weighted by Crippen LogP contribution is 2.28. The third-order valence-corrected chi connectivity index (χ3v) is 6.45. The normalized spacial score (nSPS) is 12.7. The predicted octanol–water partition coefficient (Wildman–Crippen LogP) is 3.29. The maximum absolute atomic E-state index is 12.9. The molecule has 1 atom stereocenters. The molecule has 0 aliphatic carbocycles. The van der Waals surface area contributed by atoms with Crippen molar-refractivity contribution in [2.24, 2.45) is 0 Å². The summed E-state index contributed by atoms with van der Waals surface area (Å²) in [4.78, 5) is 12.8. The number of nitrogens with one attached hydrogen (secondary N) is 1. The Bertz CT molecular complexity index is 885. The van der Waals surface area contributed by atoms with Crippen molar-refractivity contribution in [3.05, 3.63) is 76.9 Å². The molecule has 1 aromatic carbocycles. The number of thiophene rings is 1. The highest BCUT2D eigenvalue weighted by atomic mass is 32.2. The lowest BCUT2D eigenvalue weighted by Gasteiger charge is -2.16. The van der Waals surface area contributed by atoms with Crippen LogP contribution in [0.3, 0.4) is 0 Å². The van der Waals surface area contributed by atoms with Gasteiger partial charge in [0, 0.05) is 6.54 Å². The molecule has 0 aliphatic heterocycles. The van der Waals surface area contributed by atoms with Crippen LogP contribution in [0.2, 0.25) is 0 Å². The molecule has 2 heterocycles. The summed E-state index contributed by atoms with van der Waals surface area (Å²) in [6, 6.07) is 14.8. The Labute approximate surface area is 143 Å². The van der Waals surface area contributed by atoms with Crippen LogP contribution in [0.5, 0.6) is 0 Å². The molecule has 2 aromatic heterocycles. The van der Waals surface area contributed by atoms with Gasteiger partial charge in [-0.05, 0) is 35.7 Å². The molecule has 7 heteroatoms. The van der Waals surface area contributed by atoms with Crippen molar-refractivity contribution < 1.29 is 17.6 Å². The second-order valence-electron chi connectivity index (χ2n) is 5.05. The summed E-state index contributed by atoms with van der Waals surface area (Å²) in [5.74, 6) is -0.00449. The first-order valence-electron chi connectivity index (χ1n) is 7.23. The second-order valence-corrected chi connectivity index (χ2v) is 8.13. The summed E-state index contributed by atoms with van der Waals surface area (Å²) in [7, 11) is -3.69. The van der Waals surface area contributed by atoms with Gasteiger partial charge < -0.3 is 9.73 Å². The fraction of sp³-hybridized carbons (Fsp3) is 0.118. The standard InChI is InChI=1S/C17H15NO4S2/c19-17(15-9-5-11-23-15)18-12-16(14-8-4-10-22-14)24(20,21)13-6-2-1-3-7-13/h1-11,16H,12H2,(H,18,19). The van der Waals surface area contributed by atoms with E-state index in [9.17, 15) is 13.2 Å². The molecule has 5 nitrogen and oxygen atoms in total. The SMILES string of the molecule is O=C(NCC(c1ccco1)S(=O)(=O)c1ccccc1)c1cccs1. The van der Waals surface area contributed by atoms with E-state index in [1.165, 1.54) is 29.7 Å². The fourth-order valence-corrected chi connectivity index (χ4v) is 4.54. The summed E-state index contributed by atoms with van der Waals surface area (Å²) in [6.45, 7) is -0.0680. The van der Waals surface area contributed by atoms with Gasteiger partial charge in [0.05, 0.1) is 16.0 Å². The van der Waals surface area contributed by atoms with E-state index in [0.717, 1.165) is 0 Å². The van der Waals surface area contributed by atoms with Gasteiger partial charge in [-0.2, -0.15) is 0 Å². The molecule has 3 rings (SSSR count). The molecule has 1 amide bonds. The molecule has 0 radical (unpaired) electrons. The summed E-state index contributed by atoms with van der Waals surface area (Å²) in [6.07, 6.45) is 1.42. The van der Waals surface area contributed by atoms with Crippen molar-refractivity contribution in [2.75, 3.05) is 6.54 Å². The lowest BCUT2D eigenvalue weighted by molar-refractivity contribution is 0.0957. The molecule has 1 unspecified atom stereocenters. The van der Waals surface area contributed by atoms with E-state index >= 15 is 0 Å². The molecule has 3 aromatic rings. The van der Waals surface area contributed by atoms with Gasteiger partial charge in [-0.15, -0.1) is 11.3 Å². The van der Waals surface area contributed by atoms with Crippen molar-refractivity contribution in [3.8, 4) is 0 Å². The maximum atomic E-state index is 12.9. The van der Waals surface area contributed by atoms with Crippen molar-refractivity contribution >= 4 is 27.1 Å². The molecule has 0 fully saturated rings. The van der Waals surface area contributed by atoms with Gasteiger partial charge in [-0.1, -0.05) is 24.3 Å². The number of furan rings is 1. The van der Waals surface area contributed by atoms with E-state index in [1.54, 1.807) is 47.8 Å². The summed E-state index contributed by atoms with van der Waals surface area (Å²) in [5.41, 5.74) is 0. The van der Waals surface area contributed by atoms with Crippen LogP contribution in [-0.4, -0.2) is 20.9 Å². The van der Waals surface area contributed by atoms with Crippen LogP contribution in [-0.2, 0) is 9.84 Å². The van der Waals surface area contributed by atoms with Crippen LogP contribution in [0.4, 0.5) is 0 Å². The molecule has 0 bridgehead atoms. The minimum absolute atomic E-state index is 0.0680. The van der Waals surface area contributed by atoms with Gasteiger partial charge in [0.1, 0.15) is 11.0 Å². The summed E-state index contributed by atoms with van der Waals surface area (Å²) in [5, 5.41) is 3.49. The van der Waals surface area contributed by atoms with Crippen LogP contribution in [0.25, 0.3) is 0 Å². The Hall–Kier alpha value is -2.38. The zero-order valence-electron chi connectivity index (χ0n) is 12.6. The van der Waals surface area contributed by atoms with Gasteiger partial charge in [0.2, 0.25) is 0 Å². The third-order valence-electron chi connectivity index (χ3n) is 3.50. The molecule has 0 saturated carbocycles. The number of hydrogen-bond donors (Lipinski definition) is 1. The number of benzene rings is 1. The first-order chi connectivity index (χ1) is 11.6. The number of rotatable bonds is 6. The van der Waals surface area contributed by atoms with E-state index in [1.807, 2.05) is 0 Å². The lowest BCUT2D eigenvalue weighted by Crippen LogP contribution is -2.31. The predicted molar refractivity (Wildman–Crippen MR) is 91.7 cm³/mol. The van der Waals surface area contributed by atoms with Gasteiger partial charge in [-0.3, -0.25) is 4.79 Å². The van der Waals surface area contributed by atoms with Crippen molar-refractivity contribution in [3.63, 3.8) is 0 Å². The van der Waals surface area contributed by atoms with Gasteiger partial charge in [0.15, 0.2) is 9.84 Å². The van der Waals surface area contributed by atoms with E-state index in [4.69, 9.17) is 4.42 Å². The number of amides is 1. The highest BCUT2D eigenvalue weighted by molar-refractivity contribution is 7.91. The first-order valence-corrected chi connectivity index (χ1v) is 9.65. The number of carbonyl (C=O) groups excluding carboxylic acids is 1. The number of carbonyl (C=O) groups is 1. The van der Waals surface area contributed by atoms with E-state index in [2.05, 4.69) is 5.32 Å². The van der Waals surface area contributed by atoms with Crippen LogP contribution >= 0.6 is 11.3 Å². The van der Waals surface area contributed by atoms with Crippen molar-refractivity contribution in [1.29, 1.82) is 0 Å². The molecule has 124 valence electrons. The topological polar surface area (TPSA) is 76.4 Å². The molecule has 24 heavy (non-hydrogen) atoms. The largest absolute Gasteiger partial charge is 0.468 e. The molecule has 0 saturated heterocycles. The average molecular weight is 361 g/mol. The highest BCUT2D eigenvalue weighted by Gasteiger charge is 2.31. The molecule has 1 N–H and O–H groups in total. The first kappa shape index (κ1) is 16.5. The quantitative estimate of drug-likeness (QED) is 0.731.